The molecule has 4 nitrogen and oxygen atoms in total. The molecule has 1 heterocycles. The summed E-state index contributed by atoms with van der Waals surface area (Å²) in [6.07, 6.45) is 1.67. The maximum Gasteiger partial charge on any atom is 0.248 e. The van der Waals surface area contributed by atoms with Gasteiger partial charge in [0.1, 0.15) is 18.2 Å². The van der Waals surface area contributed by atoms with E-state index < -0.39 is 0 Å². The molecule has 0 aliphatic rings. The van der Waals surface area contributed by atoms with Gasteiger partial charge >= 0.3 is 0 Å². The summed E-state index contributed by atoms with van der Waals surface area (Å²) in [5.41, 5.74) is 1.27. The summed E-state index contributed by atoms with van der Waals surface area (Å²) in [6.45, 7) is 4.02. The Morgan fingerprint density at radius 2 is 1.73 bits per heavy atom. The zero-order chi connectivity index (χ0) is 15.4. The topological polar surface area (TPSA) is 48.2 Å². The van der Waals surface area contributed by atoms with Gasteiger partial charge in [0.05, 0.1) is 0 Å². The van der Waals surface area contributed by atoms with Crippen LogP contribution in [0.4, 0.5) is 4.39 Å². The largest absolute Gasteiger partial charge is 0.490 e. The van der Waals surface area contributed by atoms with Gasteiger partial charge in [-0.05, 0) is 36.4 Å². The second-order valence-corrected chi connectivity index (χ2v) is 4.55. The third-order valence-electron chi connectivity index (χ3n) is 2.95. The Morgan fingerprint density at radius 3 is 2.41 bits per heavy atom. The summed E-state index contributed by atoms with van der Waals surface area (Å²) in [4.78, 5) is 0. The predicted octanol–water partition coefficient (Wildman–Crippen LogP) is 4.11. The Balaban J connectivity index is 1.89. The van der Waals surface area contributed by atoms with Crippen LogP contribution in [0.25, 0.3) is 22.9 Å². The molecule has 0 unspecified atom stereocenters. The normalized spacial score (nSPS) is 10.4. The van der Waals surface area contributed by atoms with Crippen LogP contribution < -0.4 is 4.74 Å². The van der Waals surface area contributed by atoms with Crippen molar-refractivity contribution in [3.63, 3.8) is 0 Å². The standard InChI is InChI=1S/C17H13FN2O2/c1-2-9-21-15-8-4-6-13(11-15)17-20-19-16(22-17)12-5-3-7-14(18)10-12/h2-8,10-11H,1,9H2. The molecule has 0 amide bonds. The van der Waals surface area contributed by atoms with Crippen molar-refractivity contribution in [2.75, 3.05) is 6.61 Å². The smallest absolute Gasteiger partial charge is 0.248 e. The maximum absolute atomic E-state index is 13.2. The predicted molar refractivity (Wildman–Crippen MR) is 80.8 cm³/mol. The van der Waals surface area contributed by atoms with Crippen LogP contribution in [0.3, 0.4) is 0 Å². The van der Waals surface area contributed by atoms with Gasteiger partial charge in [0.15, 0.2) is 0 Å². The molecule has 0 aliphatic carbocycles. The number of rotatable bonds is 5. The molecule has 3 aromatic rings. The molecule has 0 radical (unpaired) electrons. The highest BCUT2D eigenvalue weighted by molar-refractivity contribution is 5.59. The molecule has 3 rings (SSSR count). The van der Waals surface area contributed by atoms with Crippen LogP contribution in [0.2, 0.25) is 0 Å². The van der Waals surface area contributed by atoms with E-state index in [1.54, 1.807) is 24.3 Å². The van der Waals surface area contributed by atoms with Gasteiger partial charge in [0.25, 0.3) is 0 Å². The monoisotopic (exact) mass is 296 g/mol. The third-order valence-corrected chi connectivity index (χ3v) is 2.95. The first-order chi connectivity index (χ1) is 10.8. The fourth-order valence-electron chi connectivity index (χ4n) is 1.95. The van der Waals surface area contributed by atoms with Crippen molar-refractivity contribution in [3.05, 3.63) is 67.0 Å². The lowest BCUT2D eigenvalue weighted by atomic mass is 10.2. The highest BCUT2D eigenvalue weighted by Crippen LogP contribution is 2.26. The number of hydrogen-bond donors (Lipinski definition) is 0. The molecule has 110 valence electrons. The van der Waals surface area contributed by atoms with E-state index in [1.165, 1.54) is 12.1 Å². The van der Waals surface area contributed by atoms with Crippen molar-refractivity contribution in [3.8, 4) is 28.7 Å². The van der Waals surface area contributed by atoms with E-state index in [9.17, 15) is 4.39 Å². The molecule has 22 heavy (non-hydrogen) atoms. The number of benzene rings is 2. The minimum atomic E-state index is -0.350. The summed E-state index contributed by atoms with van der Waals surface area (Å²) < 4.78 is 24.3. The van der Waals surface area contributed by atoms with Crippen LogP contribution in [-0.4, -0.2) is 16.8 Å². The van der Waals surface area contributed by atoms with Gasteiger partial charge < -0.3 is 9.15 Å². The van der Waals surface area contributed by atoms with Gasteiger partial charge in [-0.25, -0.2) is 4.39 Å². The SMILES string of the molecule is C=CCOc1cccc(-c2nnc(-c3cccc(F)c3)o2)c1. The molecule has 0 spiro atoms. The quantitative estimate of drug-likeness (QED) is 0.665. The summed E-state index contributed by atoms with van der Waals surface area (Å²) >= 11 is 0. The lowest BCUT2D eigenvalue weighted by Gasteiger charge is -2.03. The molecule has 1 aromatic heterocycles. The Morgan fingerprint density at radius 1 is 1.05 bits per heavy atom. The van der Waals surface area contributed by atoms with Gasteiger partial charge in [0.2, 0.25) is 11.8 Å². The minimum absolute atomic E-state index is 0.270. The summed E-state index contributed by atoms with van der Waals surface area (Å²) in [6, 6.07) is 13.3. The maximum atomic E-state index is 13.2. The average molecular weight is 296 g/mol. The second-order valence-electron chi connectivity index (χ2n) is 4.55. The highest BCUT2D eigenvalue weighted by atomic mass is 19.1. The number of aromatic nitrogens is 2. The number of halogens is 1. The molecular formula is C17H13FN2O2. The molecule has 2 aromatic carbocycles. The Labute approximate surface area is 126 Å². The number of hydrogen-bond acceptors (Lipinski definition) is 4. The number of nitrogens with zero attached hydrogens (tertiary/aromatic N) is 2. The summed E-state index contributed by atoms with van der Waals surface area (Å²) in [5, 5.41) is 7.95. The van der Waals surface area contributed by atoms with Gasteiger partial charge in [-0.2, -0.15) is 0 Å². The Kier molecular flexibility index (Phi) is 3.96. The lowest BCUT2D eigenvalue weighted by Crippen LogP contribution is -1.92. The van der Waals surface area contributed by atoms with Crippen molar-refractivity contribution >= 4 is 0 Å². The summed E-state index contributed by atoms with van der Waals surface area (Å²) in [5.74, 6) is 0.954. The second kappa shape index (κ2) is 6.22. The first-order valence-electron chi connectivity index (χ1n) is 6.70. The van der Waals surface area contributed by atoms with E-state index >= 15 is 0 Å². The zero-order valence-electron chi connectivity index (χ0n) is 11.7. The number of ether oxygens (including phenoxy) is 1. The van der Waals surface area contributed by atoms with Crippen LogP contribution in [0, 0.1) is 5.82 Å². The van der Waals surface area contributed by atoms with E-state index in [2.05, 4.69) is 16.8 Å². The van der Waals surface area contributed by atoms with E-state index in [0.29, 0.717) is 23.8 Å². The van der Waals surface area contributed by atoms with E-state index in [-0.39, 0.29) is 11.7 Å². The zero-order valence-corrected chi connectivity index (χ0v) is 11.7. The average Bonchev–Trinajstić information content (AvgIpc) is 3.03. The van der Waals surface area contributed by atoms with E-state index in [4.69, 9.17) is 9.15 Å². The molecule has 0 aliphatic heterocycles. The van der Waals surface area contributed by atoms with Gasteiger partial charge in [-0.15, -0.1) is 10.2 Å². The van der Waals surface area contributed by atoms with Gasteiger partial charge in [-0.3, -0.25) is 0 Å². The first-order valence-corrected chi connectivity index (χ1v) is 6.70. The van der Waals surface area contributed by atoms with Crippen LogP contribution in [0.5, 0.6) is 5.75 Å². The lowest BCUT2D eigenvalue weighted by molar-refractivity contribution is 0.363. The molecule has 0 atom stereocenters. The van der Waals surface area contributed by atoms with Crippen molar-refractivity contribution in [2.24, 2.45) is 0 Å². The van der Waals surface area contributed by atoms with E-state index in [0.717, 1.165) is 5.56 Å². The fraction of sp³-hybridized carbons (Fsp3) is 0.0588. The minimum Gasteiger partial charge on any atom is -0.490 e. The van der Waals surface area contributed by atoms with Crippen LogP contribution >= 0.6 is 0 Å². The molecule has 0 fully saturated rings. The molecule has 0 N–H and O–H groups in total. The Bertz CT molecular complexity index is 799. The molecule has 0 saturated carbocycles. The highest BCUT2D eigenvalue weighted by Gasteiger charge is 2.11. The van der Waals surface area contributed by atoms with Gasteiger partial charge in [-0.1, -0.05) is 24.8 Å². The van der Waals surface area contributed by atoms with Crippen LogP contribution in [-0.2, 0) is 0 Å². The van der Waals surface area contributed by atoms with E-state index in [1.807, 2.05) is 18.2 Å². The van der Waals surface area contributed by atoms with Crippen LogP contribution in [0.1, 0.15) is 0 Å². The molecular weight excluding hydrogens is 283 g/mol. The first kappa shape index (κ1) is 14.0. The summed E-state index contributed by atoms with van der Waals surface area (Å²) in [7, 11) is 0. The molecule has 5 heteroatoms. The van der Waals surface area contributed by atoms with Crippen molar-refractivity contribution in [1.82, 2.24) is 10.2 Å². The molecule has 0 saturated heterocycles. The molecule has 0 bridgehead atoms. The van der Waals surface area contributed by atoms with Crippen LogP contribution in [0.15, 0.2) is 65.6 Å². The van der Waals surface area contributed by atoms with Crippen molar-refractivity contribution < 1.29 is 13.5 Å². The Hall–Kier alpha value is -2.95. The van der Waals surface area contributed by atoms with Gasteiger partial charge in [0, 0.05) is 11.1 Å². The van der Waals surface area contributed by atoms with Crippen molar-refractivity contribution in [1.29, 1.82) is 0 Å². The third kappa shape index (κ3) is 3.03. The van der Waals surface area contributed by atoms with Crippen molar-refractivity contribution in [2.45, 2.75) is 0 Å². The fourth-order valence-corrected chi connectivity index (χ4v) is 1.95.